The minimum absolute atomic E-state index is 0.0161. The number of aliphatic hydroxyl groups excluding tert-OH is 1. The molecule has 1 heterocycles. The quantitative estimate of drug-likeness (QED) is 0.918. The average Bonchev–Trinajstić information content (AvgIpc) is 2.47. The van der Waals surface area contributed by atoms with Crippen molar-refractivity contribution in [3.8, 4) is 0 Å². The molecule has 3 unspecified atom stereocenters. The second kappa shape index (κ2) is 6.25. The second-order valence-electron chi connectivity index (χ2n) is 6.26. The van der Waals surface area contributed by atoms with E-state index >= 15 is 0 Å². The zero-order valence-electron chi connectivity index (χ0n) is 12.3. The molecular weight excluding hydrogens is 250 g/mol. The Bertz CT molecular complexity index is 448. The van der Waals surface area contributed by atoms with Gasteiger partial charge in [-0.3, -0.25) is 4.90 Å². The molecule has 0 aromatic heterocycles. The highest BCUT2D eigenvalue weighted by Crippen LogP contribution is 2.32. The van der Waals surface area contributed by atoms with Crippen molar-refractivity contribution >= 4 is 0 Å². The van der Waals surface area contributed by atoms with Crippen LogP contribution in [0.15, 0.2) is 24.3 Å². The third-order valence-electron chi connectivity index (χ3n) is 4.58. The van der Waals surface area contributed by atoms with Crippen LogP contribution in [0.3, 0.4) is 0 Å². The number of ether oxygens (including phenoxy) is 1. The van der Waals surface area contributed by atoms with Gasteiger partial charge >= 0.3 is 0 Å². The highest BCUT2D eigenvalue weighted by molar-refractivity contribution is 5.32. The molecule has 3 rings (SSSR count). The molecule has 0 spiro atoms. The number of nitrogens with zero attached hydrogens (tertiary/aromatic N) is 1. The summed E-state index contributed by atoms with van der Waals surface area (Å²) in [5.74, 6) is 0.643. The predicted molar refractivity (Wildman–Crippen MR) is 80.0 cm³/mol. The molecule has 1 aromatic carbocycles. The maximum atomic E-state index is 9.34. The zero-order valence-corrected chi connectivity index (χ0v) is 12.3. The van der Waals surface area contributed by atoms with Crippen LogP contribution in [0.25, 0.3) is 0 Å². The lowest BCUT2D eigenvalue weighted by Crippen LogP contribution is -2.49. The van der Waals surface area contributed by atoms with Crippen molar-refractivity contribution in [3.05, 3.63) is 35.4 Å². The molecular formula is C17H25NO2. The molecule has 3 heteroatoms. The van der Waals surface area contributed by atoms with E-state index in [0.29, 0.717) is 5.92 Å². The Labute approximate surface area is 121 Å². The summed E-state index contributed by atoms with van der Waals surface area (Å²) in [7, 11) is 0. The maximum Gasteiger partial charge on any atom is 0.0936 e. The third kappa shape index (κ3) is 3.05. The summed E-state index contributed by atoms with van der Waals surface area (Å²) < 4.78 is 5.73. The van der Waals surface area contributed by atoms with Crippen LogP contribution in [0, 0.1) is 0 Å². The third-order valence-corrected chi connectivity index (χ3v) is 4.58. The lowest BCUT2D eigenvalue weighted by atomic mass is 9.82. The summed E-state index contributed by atoms with van der Waals surface area (Å²) >= 11 is 0. The Morgan fingerprint density at radius 1 is 1.30 bits per heavy atom. The van der Waals surface area contributed by atoms with Gasteiger partial charge in [0.2, 0.25) is 0 Å². The summed E-state index contributed by atoms with van der Waals surface area (Å²) in [4.78, 5) is 2.47. The fourth-order valence-electron chi connectivity index (χ4n) is 3.75. The summed E-state index contributed by atoms with van der Waals surface area (Å²) in [6, 6.07) is 8.89. The van der Waals surface area contributed by atoms with Gasteiger partial charge in [-0.15, -0.1) is 0 Å². The normalized spacial score (nSPS) is 31.0. The van der Waals surface area contributed by atoms with Crippen LogP contribution in [0.1, 0.15) is 36.8 Å². The molecule has 3 nitrogen and oxygen atoms in total. The molecule has 110 valence electrons. The van der Waals surface area contributed by atoms with Gasteiger partial charge in [0.15, 0.2) is 0 Å². The van der Waals surface area contributed by atoms with Gasteiger partial charge in [-0.2, -0.15) is 0 Å². The van der Waals surface area contributed by atoms with Crippen molar-refractivity contribution in [2.24, 2.45) is 0 Å². The lowest BCUT2D eigenvalue weighted by molar-refractivity contribution is -0.0963. The Hall–Kier alpha value is -0.900. The van der Waals surface area contributed by atoms with Gasteiger partial charge in [0.25, 0.3) is 0 Å². The largest absolute Gasteiger partial charge is 0.394 e. The van der Waals surface area contributed by atoms with Crippen molar-refractivity contribution in [1.29, 1.82) is 0 Å². The molecule has 1 fully saturated rings. The number of hydrogen-bond acceptors (Lipinski definition) is 3. The van der Waals surface area contributed by atoms with Crippen molar-refractivity contribution in [2.75, 3.05) is 26.2 Å². The van der Waals surface area contributed by atoms with Crippen LogP contribution >= 0.6 is 0 Å². The SMILES string of the molecule is CC1CN(CC2CCCc3ccccc32)CC(CO)O1. The van der Waals surface area contributed by atoms with E-state index in [4.69, 9.17) is 4.74 Å². The number of rotatable bonds is 3. The minimum atomic E-state index is -0.0161. The number of fused-ring (bicyclic) bond motifs is 1. The van der Waals surface area contributed by atoms with Crippen molar-refractivity contribution in [1.82, 2.24) is 4.90 Å². The summed E-state index contributed by atoms with van der Waals surface area (Å²) in [5, 5.41) is 9.34. The molecule has 1 aliphatic heterocycles. The van der Waals surface area contributed by atoms with Crippen molar-refractivity contribution < 1.29 is 9.84 Å². The van der Waals surface area contributed by atoms with Crippen molar-refractivity contribution in [3.63, 3.8) is 0 Å². The van der Waals surface area contributed by atoms with Crippen LogP contribution in [-0.4, -0.2) is 48.5 Å². The van der Waals surface area contributed by atoms with E-state index in [9.17, 15) is 5.11 Å². The van der Waals surface area contributed by atoms with Gasteiger partial charge in [-0.1, -0.05) is 24.3 Å². The molecule has 0 saturated carbocycles. The first-order valence-corrected chi connectivity index (χ1v) is 7.82. The highest BCUT2D eigenvalue weighted by Gasteiger charge is 2.28. The van der Waals surface area contributed by atoms with E-state index in [1.165, 1.54) is 24.8 Å². The standard InChI is InChI=1S/C17H25NO2/c1-13-9-18(11-16(12-19)20-13)10-15-7-4-6-14-5-2-3-8-17(14)15/h2-3,5,8,13,15-16,19H,4,6-7,9-12H2,1H3. The van der Waals surface area contributed by atoms with E-state index in [0.717, 1.165) is 19.6 Å². The summed E-state index contributed by atoms with van der Waals surface area (Å²) in [6.45, 7) is 5.17. The molecule has 0 amide bonds. The van der Waals surface area contributed by atoms with Crippen LogP contribution < -0.4 is 0 Å². The number of aliphatic hydroxyl groups is 1. The number of aryl methyl sites for hydroxylation is 1. The first-order valence-electron chi connectivity index (χ1n) is 7.82. The van der Waals surface area contributed by atoms with Crippen LogP contribution in [0.4, 0.5) is 0 Å². The first-order chi connectivity index (χ1) is 9.76. The molecule has 0 radical (unpaired) electrons. The van der Waals surface area contributed by atoms with Crippen LogP contribution in [0.2, 0.25) is 0 Å². The average molecular weight is 275 g/mol. The summed E-state index contributed by atoms with van der Waals surface area (Å²) in [6.07, 6.45) is 4.01. The lowest BCUT2D eigenvalue weighted by Gasteiger charge is -2.39. The number of morpholine rings is 1. The van der Waals surface area contributed by atoms with E-state index < -0.39 is 0 Å². The fraction of sp³-hybridized carbons (Fsp3) is 0.647. The van der Waals surface area contributed by atoms with Crippen LogP contribution in [0.5, 0.6) is 0 Å². The molecule has 20 heavy (non-hydrogen) atoms. The number of hydrogen-bond donors (Lipinski definition) is 1. The Morgan fingerprint density at radius 2 is 2.15 bits per heavy atom. The van der Waals surface area contributed by atoms with Gasteiger partial charge in [0.05, 0.1) is 18.8 Å². The Kier molecular flexibility index (Phi) is 4.39. The molecule has 1 aliphatic carbocycles. The molecule has 1 aromatic rings. The van der Waals surface area contributed by atoms with E-state index in [2.05, 4.69) is 36.1 Å². The molecule has 1 N–H and O–H groups in total. The Morgan fingerprint density at radius 3 is 3.00 bits per heavy atom. The van der Waals surface area contributed by atoms with Gasteiger partial charge in [0, 0.05) is 19.6 Å². The van der Waals surface area contributed by atoms with Gasteiger partial charge in [0.1, 0.15) is 0 Å². The van der Waals surface area contributed by atoms with Gasteiger partial charge in [-0.05, 0) is 43.2 Å². The molecule has 2 aliphatic rings. The molecule has 3 atom stereocenters. The van der Waals surface area contributed by atoms with Crippen molar-refractivity contribution in [2.45, 2.75) is 44.3 Å². The van der Waals surface area contributed by atoms with Crippen LogP contribution in [-0.2, 0) is 11.2 Å². The number of benzene rings is 1. The maximum absolute atomic E-state index is 9.34. The molecule has 0 bridgehead atoms. The van der Waals surface area contributed by atoms with E-state index in [1.807, 2.05) is 0 Å². The monoisotopic (exact) mass is 275 g/mol. The fourth-order valence-corrected chi connectivity index (χ4v) is 3.75. The smallest absolute Gasteiger partial charge is 0.0936 e. The predicted octanol–water partition coefficient (Wildman–Crippen LogP) is 2.19. The van der Waals surface area contributed by atoms with Gasteiger partial charge in [-0.25, -0.2) is 0 Å². The van der Waals surface area contributed by atoms with E-state index in [1.54, 1.807) is 5.56 Å². The van der Waals surface area contributed by atoms with E-state index in [-0.39, 0.29) is 18.8 Å². The minimum Gasteiger partial charge on any atom is -0.394 e. The zero-order chi connectivity index (χ0) is 13.9. The molecule has 1 saturated heterocycles. The summed E-state index contributed by atoms with van der Waals surface area (Å²) in [5.41, 5.74) is 3.07. The topological polar surface area (TPSA) is 32.7 Å². The highest BCUT2D eigenvalue weighted by atomic mass is 16.5. The van der Waals surface area contributed by atoms with Gasteiger partial charge < -0.3 is 9.84 Å². The first kappa shape index (κ1) is 14.1. The Balaban J connectivity index is 1.69. The second-order valence-corrected chi connectivity index (χ2v) is 6.26.